The van der Waals surface area contributed by atoms with Crippen molar-refractivity contribution in [2.24, 2.45) is 0 Å². The highest BCUT2D eigenvalue weighted by Crippen LogP contribution is 1.83. The summed E-state index contributed by atoms with van der Waals surface area (Å²) >= 11 is 0. The summed E-state index contributed by atoms with van der Waals surface area (Å²) in [5.41, 5.74) is 0. The van der Waals surface area contributed by atoms with Gasteiger partial charge in [-0.05, 0) is 0 Å². The van der Waals surface area contributed by atoms with Crippen LogP contribution in [0.4, 0.5) is 0 Å². The van der Waals surface area contributed by atoms with Crippen molar-refractivity contribution in [2.45, 2.75) is 6.92 Å². The molecule has 0 bridgehead atoms. The van der Waals surface area contributed by atoms with E-state index in [1.54, 1.807) is 0 Å². The monoisotopic (exact) mass is 200 g/mol. The third-order valence-electron chi connectivity index (χ3n) is 1.07. The van der Waals surface area contributed by atoms with Gasteiger partial charge in [0.25, 0.3) is 0 Å². The minimum atomic E-state index is -0.536. The molecule has 0 aromatic carbocycles. The predicted octanol–water partition coefficient (Wildman–Crippen LogP) is -0.258. The molecule has 0 aromatic heterocycles. The van der Waals surface area contributed by atoms with Gasteiger partial charge in [-0.1, -0.05) is 5.92 Å². The van der Waals surface area contributed by atoms with Crippen molar-refractivity contribution in [1.29, 1.82) is 0 Å². The molecule has 0 heterocycles. The van der Waals surface area contributed by atoms with Crippen molar-refractivity contribution in [3.8, 4) is 12.3 Å². The van der Waals surface area contributed by atoms with Crippen LogP contribution in [0.25, 0.3) is 0 Å². The topological polar surface area (TPSA) is 61.8 Å². The number of hydrogen-bond donors (Lipinski definition) is 0. The quantitative estimate of drug-likeness (QED) is 0.336. The molecule has 78 valence electrons. The van der Waals surface area contributed by atoms with E-state index in [1.165, 1.54) is 6.92 Å². The van der Waals surface area contributed by atoms with Gasteiger partial charge in [-0.25, -0.2) is 4.79 Å². The van der Waals surface area contributed by atoms with E-state index >= 15 is 0 Å². The lowest BCUT2D eigenvalue weighted by Crippen LogP contribution is -2.15. The van der Waals surface area contributed by atoms with Crippen LogP contribution in [0.15, 0.2) is 0 Å². The van der Waals surface area contributed by atoms with Crippen LogP contribution in [0, 0.1) is 12.3 Å². The maximum atomic E-state index is 10.7. The Hall–Kier alpha value is -1.54. The molecule has 0 rings (SSSR count). The molecule has 0 N–H and O–H groups in total. The van der Waals surface area contributed by atoms with Crippen LogP contribution < -0.4 is 0 Å². The van der Waals surface area contributed by atoms with Gasteiger partial charge in [0.05, 0.1) is 6.61 Å². The Labute approximate surface area is 82.3 Å². The summed E-state index contributed by atoms with van der Waals surface area (Å²) in [6.45, 7) is 1.32. The van der Waals surface area contributed by atoms with Gasteiger partial charge in [-0.15, -0.1) is 6.42 Å². The lowest BCUT2D eigenvalue weighted by molar-refractivity contribution is -0.149. The number of rotatable bonds is 6. The van der Waals surface area contributed by atoms with Crippen molar-refractivity contribution in [1.82, 2.24) is 0 Å². The molecule has 0 aliphatic heterocycles. The molecule has 0 unspecified atom stereocenters. The third-order valence-corrected chi connectivity index (χ3v) is 1.07. The number of carbonyl (C=O) groups is 2. The second-order valence-electron chi connectivity index (χ2n) is 2.26. The fourth-order valence-electron chi connectivity index (χ4n) is 0.564. The van der Waals surface area contributed by atoms with Crippen molar-refractivity contribution < 1.29 is 23.8 Å². The molecule has 0 saturated heterocycles. The van der Waals surface area contributed by atoms with Crippen LogP contribution >= 0.6 is 0 Å². The first-order chi connectivity index (χ1) is 6.66. The first kappa shape index (κ1) is 12.5. The zero-order chi connectivity index (χ0) is 10.8. The number of ether oxygens (including phenoxy) is 3. The molecule has 0 aliphatic carbocycles. The highest BCUT2D eigenvalue weighted by molar-refractivity contribution is 5.70. The zero-order valence-corrected chi connectivity index (χ0v) is 7.95. The van der Waals surface area contributed by atoms with E-state index in [-0.39, 0.29) is 32.4 Å². The summed E-state index contributed by atoms with van der Waals surface area (Å²) in [4.78, 5) is 21.0. The molecule has 5 heteroatoms. The average Bonchev–Trinajstić information content (AvgIpc) is 2.13. The maximum absolute atomic E-state index is 10.7. The Morgan fingerprint density at radius 3 is 2.57 bits per heavy atom. The minimum Gasteiger partial charge on any atom is -0.463 e. The van der Waals surface area contributed by atoms with Crippen molar-refractivity contribution >= 4 is 11.9 Å². The summed E-state index contributed by atoms with van der Waals surface area (Å²) in [5, 5.41) is 0. The third kappa shape index (κ3) is 8.56. The molecule has 0 amide bonds. The highest BCUT2D eigenvalue weighted by atomic mass is 16.6. The Kier molecular flexibility index (Phi) is 7.19. The number of terminal acetylenes is 1. The largest absolute Gasteiger partial charge is 0.463 e. The fraction of sp³-hybridized carbons (Fsp3) is 0.556. The smallest absolute Gasteiger partial charge is 0.333 e. The summed E-state index contributed by atoms with van der Waals surface area (Å²) < 4.78 is 13.9. The Morgan fingerprint density at radius 1 is 1.29 bits per heavy atom. The van der Waals surface area contributed by atoms with E-state index in [4.69, 9.17) is 11.2 Å². The van der Waals surface area contributed by atoms with Crippen molar-refractivity contribution in [3.05, 3.63) is 0 Å². The van der Waals surface area contributed by atoms with Gasteiger partial charge in [0.2, 0.25) is 0 Å². The molecular formula is C9H12O5. The van der Waals surface area contributed by atoms with Gasteiger partial charge in [0.15, 0.2) is 6.61 Å². The Bertz CT molecular complexity index is 228. The van der Waals surface area contributed by atoms with Crippen LogP contribution in [0.5, 0.6) is 0 Å². The summed E-state index contributed by atoms with van der Waals surface area (Å²) in [6.07, 6.45) is 4.86. The molecule has 5 nitrogen and oxygen atoms in total. The van der Waals surface area contributed by atoms with Crippen molar-refractivity contribution in [2.75, 3.05) is 26.4 Å². The van der Waals surface area contributed by atoms with E-state index < -0.39 is 5.97 Å². The predicted molar refractivity (Wildman–Crippen MR) is 47.2 cm³/mol. The fourth-order valence-corrected chi connectivity index (χ4v) is 0.564. The second kappa shape index (κ2) is 8.08. The van der Waals surface area contributed by atoms with Gasteiger partial charge >= 0.3 is 11.9 Å². The van der Waals surface area contributed by atoms with E-state index in [2.05, 4.69) is 15.4 Å². The van der Waals surface area contributed by atoms with Gasteiger partial charge in [0.1, 0.15) is 13.2 Å². The van der Waals surface area contributed by atoms with E-state index in [0.717, 1.165) is 0 Å². The molecule has 0 aromatic rings. The maximum Gasteiger partial charge on any atom is 0.333 e. The molecule has 14 heavy (non-hydrogen) atoms. The van der Waals surface area contributed by atoms with Gasteiger partial charge < -0.3 is 14.2 Å². The van der Waals surface area contributed by atoms with Crippen LogP contribution in [0.3, 0.4) is 0 Å². The van der Waals surface area contributed by atoms with E-state index in [0.29, 0.717) is 0 Å². The van der Waals surface area contributed by atoms with Crippen LogP contribution in [0.2, 0.25) is 0 Å². The normalized spacial score (nSPS) is 8.86. The Morgan fingerprint density at radius 2 is 2.00 bits per heavy atom. The molecule has 0 aliphatic rings. The first-order valence-electron chi connectivity index (χ1n) is 3.97. The number of carbonyl (C=O) groups excluding carboxylic acids is 2. The lowest BCUT2D eigenvalue weighted by Gasteiger charge is -2.03. The first-order valence-corrected chi connectivity index (χ1v) is 3.97. The van der Waals surface area contributed by atoms with Crippen LogP contribution in [-0.4, -0.2) is 38.4 Å². The van der Waals surface area contributed by atoms with Gasteiger partial charge in [-0.3, -0.25) is 4.79 Å². The molecule has 0 atom stereocenters. The van der Waals surface area contributed by atoms with Crippen molar-refractivity contribution in [3.63, 3.8) is 0 Å². The molecule has 0 spiro atoms. The molecular weight excluding hydrogens is 188 g/mol. The SMILES string of the molecule is C#CCOC(=O)COCCOC(C)=O. The van der Waals surface area contributed by atoms with Crippen LogP contribution in [0.1, 0.15) is 6.92 Å². The molecule has 0 saturated carbocycles. The number of esters is 2. The Balaban J connectivity index is 3.24. The standard InChI is InChI=1S/C9H12O5/c1-3-4-14-9(11)7-12-5-6-13-8(2)10/h1H,4-7H2,2H3. The summed E-state index contributed by atoms with van der Waals surface area (Å²) in [6, 6.07) is 0. The highest BCUT2D eigenvalue weighted by Gasteiger charge is 2.01. The van der Waals surface area contributed by atoms with E-state index in [9.17, 15) is 9.59 Å². The van der Waals surface area contributed by atoms with E-state index in [1.807, 2.05) is 0 Å². The minimum absolute atomic E-state index is 0.0634. The summed E-state index contributed by atoms with van der Waals surface area (Å²) in [7, 11) is 0. The van der Waals surface area contributed by atoms with Gasteiger partial charge in [-0.2, -0.15) is 0 Å². The molecule has 0 radical (unpaired) electrons. The number of hydrogen-bond acceptors (Lipinski definition) is 5. The van der Waals surface area contributed by atoms with Gasteiger partial charge in [0, 0.05) is 6.92 Å². The molecule has 0 fully saturated rings. The average molecular weight is 200 g/mol. The lowest BCUT2D eigenvalue weighted by atomic mass is 10.6. The zero-order valence-electron chi connectivity index (χ0n) is 7.95. The second-order valence-corrected chi connectivity index (χ2v) is 2.26. The summed E-state index contributed by atoms with van der Waals surface area (Å²) in [5.74, 6) is 1.23. The van der Waals surface area contributed by atoms with Crippen LogP contribution in [-0.2, 0) is 23.8 Å².